The Labute approximate surface area is 141 Å². The molecule has 0 fully saturated rings. The molecule has 2 rings (SSSR count). The number of aryl methyl sites for hydroxylation is 1. The summed E-state index contributed by atoms with van der Waals surface area (Å²) < 4.78 is 5.60. The average molecular weight is 327 g/mol. The van der Waals surface area contributed by atoms with E-state index >= 15 is 0 Å². The molecule has 2 N–H and O–H groups in total. The Hall–Kier alpha value is -2.89. The van der Waals surface area contributed by atoms with Gasteiger partial charge in [0.15, 0.2) is 0 Å². The highest BCUT2D eigenvalue weighted by Gasteiger charge is 2.11. The molecule has 0 aliphatic carbocycles. The van der Waals surface area contributed by atoms with Gasteiger partial charge in [0, 0.05) is 11.9 Å². The summed E-state index contributed by atoms with van der Waals surface area (Å²) in [5.74, 6) is -0.0604. The molecule has 0 saturated carbocycles. The molecule has 24 heavy (non-hydrogen) atoms. The van der Waals surface area contributed by atoms with Gasteiger partial charge in [-0.1, -0.05) is 17.7 Å². The zero-order chi connectivity index (χ0) is 17.4. The third-order valence-electron chi connectivity index (χ3n) is 3.21. The van der Waals surface area contributed by atoms with Crippen molar-refractivity contribution in [3.8, 4) is 5.75 Å². The van der Waals surface area contributed by atoms with Gasteiger partial charge in [-0.15, -0.1) is 0 Å². The number of anilines is 1. The molecule has 1 heterocycles. The van der Waals surface area contributed by atoms with Crippen molar-refractivity contribution in [1.29, 1.82) is 0 Å². The normalized spacial score (nSPS) is 11.4. The molecule has 0 radical (unpaired) electrons. The van der Waals surface area contributed by atoms with E-state index in [4.69, 9.17) is 4.74 Å². The number of pyridine rings is 1. The van der Waals surface area contributed by atoms with Gasteiger partial charge in [-0.25, -0.2) is 0 Å². The fraction of sp³-hybridized carbons (Fsp3) is 0.278. The van der Waals surface area contributed by atoms with E-state index in [1.54, 1.807) is 36.7 Å². The Morgan fingerprint density at radius 2 is 1.92 bits per heavy atom. The van der Waals surface area contributed by atoms with Crippen LogP contribution in [0, 0.1) is 6.92 Å². The number of ether oxygens (including phenoxy) is 1. The molecule has 1 aromatic heterocycles. The Morgan fingerprint density at radius 1 is 1.17 bits per heavy atom. The van der Waals surface area contributed by atoms with Gasteiger partial charge in [-0.2, -0.15) is 0 Å². The van der Waals surface area contributed by atoms with E-state index in [0.29, 0.717) is 18.0 Å². The van der Waals surface area contributed by atoms with Gasteiger partial charge in [0.2, 0.25) is 11.8 Å². The lowest BCUT2D eigenvalue weighted by molar-refractivity contribution is -0.127. The van der Waals surface area contributed by atoms with Gasteiger partial charge in [-0.3, -0.25) is 14.6 Å². The molecule has 1 aromatic carbocycles. The molecule has 126 valence electrons. The van der Waals surface area contributed by atoms with Crippen molar-refractivity contribution < 1.29 is 14.3 Å². The standard InChI is InChI=1S/C18H21N3O3/c1-13-5-7-15(8-6-13)21-18(23)10-17(22)20-11-14(2)24-16-4-3-9-19-12-16/h3-9,12,14H,10-11H2,1-2H3,(H,20,22)(H,21,23)/t14-/m0/s1. The van der Waals surface area contributed by atoms with Crippen LogP contribution < -0.4 is 15.4 Å². The summed E-state index contributed by atoms with van der Waals surface area (Å²) >= 11 is 0. The first-order valence-electron chi connectivity index (χ1n) is 7.73. The van der Waals surface area contributed by atoms with E-state index in [0.717, 1.165) is 5.56 Å². The molecule has 1 atom stereocenters. The molecule has 0 bridgehead atoms. The summed E-state index contributed by atoms with van der Waals surface area (Å²) in [6.45, 7) is 4.11. The fourth-order valence-corrected chi connectivity index (χ4v) is 2.00. The summed E-state index contributed by atoms with van der Waals surface area (Å²) in [6, 6.07) is 11.0. The molecular formula is C18H21N3O3. The topological polar surface area (TPSA) is 80.3 Å². The third kappa shape index (κ3) is 6.08. The monoisotopic (exact) mass is 327 g/mol. The maximum Gasteiger partial charge on any atom is 0.233 e. The highest BCUT2D eigenvalue weighted by molar-refractivity contribution is 6.03. The minimum atomic E-state index is -0.350. The second-order valence-electron chi connectivity index (χ2n) is 5.51. The number of benzene rings is 1. The first-order valence-corrected chi connectivity index (χ1v) is 7.73. The smallest absolute Gasteiger partial charge is 0.233 e. The van der Waals surface area contributed by atoms with Crippen LogP contribution in [0.1, 0.15) is 18.9 Å². The molecule has 0 aliphatic rings. The van der Waals surface area contributed by atoms with Crippen molar-refractivity contribution in [1.82, 2.24) is 10.3 Å². The summed E-state index contributed by atoms with van der Waals surface area (Å²) in [5, 5.41) is 5.37. The Kier molecular flexibility index (Phi) is 6.31. The zero-order valence-corrected chi connectivity index (χ0v) is 13.8. The van der Waals surface area contributed by atoms with E-state index in [2.05, 4.69) is 15.6 Å². The maximum atomic E-state index is 11.8. The molecule has 0 spiro atoms. The van der Waals surface area contributed by atoms with Crippen molar-refractivity contribution in [2.45, 2.75) is 26.4 Å². The van der Waals surface area contributed by atoms with Crippen LogP contribution in [0.2, 0.25) is 0 Å². The summed E-state index contributed by atoms with van der Waals surface area (Å²) in [4.78, 5) is 27.6. The second-order valence-corrected chi connectivity index (χ2v) is 5.51. The van der Waals surface area contributed by atoms with Gasteiger partial charge >= 0.3 is 0 Å². The fourth-order valence-electron chi connectivity index (χ4n) is 2.00. The highest BCUT2D eigenvalue weighted by atomic mass is 16.5. The number of carbonyl (C=O) groups is 2. The van der Waals surface area contributed by atoms with Crippen LogP contribution in [0.4, 0.5) is 5.69 Å². The van der Waals surface area contributed by atoms with Crippen molar-refractivity contribution in [3.63, 3.8) is 0 Å². The minimum absolute atomic E-state index is 0.224. The van der Waals surface area contributed by atoms with Gasteiger partial charge in [0.25, 0.3) is 0 Å². The minimum Gasteiger partial charge on any atom is -0.487 e. The number of amides is 2. The summed E-state index contributed by atoms with van der Waals surface area (Å²) in [5.41, 5.74) is 1.78. The molecule has 0 unspecified atom stereocenters. The zero-order valence-electron chi connectivity index (χ0n) is 13.8. The van der Waals surface area contributed by atoms with Crippen molar-refractivity contribution in [2.75, 3.05) is 11.9 Å². The number of hydrogen-bond acceptors (Lipinski definition) is 4. The quantitative estimate of drug-likeness (QED) is 0.765. The molecule has 6 heteroatoms. The Bertz CT molecular complexity index is 672. The second kappa shape index (κ2) is 8.67. The average Bonchev–Trinajstić information content (AvgIpc) is 2.56. The predicted octanol–water partition coefficient (Wildman–Crippen LogP) is 2.30. The third-order valence-corrected chi connectivity index (χ3v) is 3.21. The number of nitrogens with one attached hydrogen (secondary N) is 2. The van der Waals surface area contributed by atoms with Gasteiger partial charge in [0.1, 0.15) is 18.3 Å². The van der Waals surface area contributed by atoms with E-state index in [-0.39, 0.29) is 24.3 Å². The number of carbonyl (C=O) groups excluding carboxylic acids is 2. The Morgan fingerprint density at radius 3 is 2.58 bits per heavy atom. The lowest BCUT2D eigenvalue weighted by Crippen LogP contribution is -2.35. The van der Waals surface area contributed by atoms with Crippen LogP contribution in [-0.2, 0) is 9.59 Å². The predicted molar refractivity (Wildman–Crippen MR) is 91.8 cm³/mol. The van der Waals surface area contributed by atoms with Crippen molar-refractivity contribution in [3.05, 3.63) is 54.4 Å². The van der Waals surface area contributed by atoms with Crippen molar-refractivity contribution in [2.24, 2.45) is 0 Å². The number of aromatic nitrogens is 1. The summed E-state index contributed by atoms with van der Waals surface area (Å²) in [7, 11) is 0. The summed E-state index contributed by atoms with van der Waals surface area (Å²) in [6.07, 6.45) is 2.81. The maximum absolute atomic E-state index is 11.8. The SMILES string of the molecule is Cc1ccc(NC(=O)CC(=O)NC[C@H](C)Oc2cccnc2)cc1. The number of nitrogens with zero attached hydrogens (tertiary/aromatic N) is 1. The van der Waals surface area contributed by atoms with E-state index in [1.807, 2.05) is 26.0 Å². The van der Waals surface area contributed by atoms with E-state index < -0.39 is 0 Å². The molecule has 2 amide bonds. The first kappa shape index (κ1) is 17.5. The van der Waals surface area contributed by atoms with Crippen LogP contribution >= 0.6 is 0 Å². The van der Waals surface area contributed by atoms with Crippen LogP contribution in [0.25, 0.3) is 0 Å². The van der Waals surface area contributed by atoms with Gasteiger partial charge in [0.05, 0.1) is 12.7 Å². The molecule has 6 nitrogen and oxygen atoms in total. The lowest BCUT2D eigenvalue weighted by Gasteiger charge is -2.15. The molecule has 2 aromatic rings. The van der Waals surface area contributed by atoms with Crippen LogP contribution in [0.5, 0.6) is 5.75 Å². The highest BCUT2D eigenvalue weighted by Crippen LogP contribution is 2.09. The largest absolute Gasteiger partial charge is 0.487 e. The van der Waals surface area contributed by atoms with Crippen LogP contribution in [0.15, 0.2) is 48.8 Å². The molecule has 0 aliphatic heterocycles. The number of rotatable bonds is 7. The Balaban J connectivity index is 1.70. The van der Waals surface area contributed by atoms with Crippen molar-refractivity contribution >= 4 is 17.5 Å². The van der Waals surface area contributed by atoms with Crippen LogP contribution in [0.3, 0.4) is 0 Å². The van der Waals surface area contributed by atoms with E-state index in [9.17, 15) is 9.59 Å². The van der Waals surface area contributed by atoms with E-state index in [1.165, 1.54) is 0 Å². The van der Waals surface area contributed by atoms with Gasteiger partial charge < -0.3 is 15.4 Å². The first-order chi connectivity index (χ1) is 11.5. The number of hydrogen-bond donors (Lipinski definition) is 2. The lowest BCUT2D eigenvalue weighted by atomic mass is 10.2. The molecule has 0 saturated heterocycles. The molecular weight excluding hydrogens is 306 g/mol. The van der Waals surface area contributed by atoms with Crippen LogP contribution in [-0.4, -0.2) is 29.4 Å². The van der Waals surface area contributed by atoms with Gasteiger partial charge in [-0.05, 0) is 38.1 Å².